The van der Waals surface area contributed by atoms with Crippen LogP contribution in [-0.2, 0) is 0 Å². The van der Waals surface area contributed by atoms with Gasteiger partial charge in [0.1, 0.15) is 0 Å². The van der Waals surface area contributed by atoms with Crippen molar-refractivity contribution < 1.29 is 0 Å². The Bertz CT molecular complexity index is 416. The first-order valence-electron chi connectivity index (χ1n) is 10.2. The minimum atomic E-state index is 0.679. The van der Waals surface area contributed by atoms with Gasteiger partial charge >= 0.3 is 0 Å². The van der Waals surface area contributed by atoms with Crippen LogP contribution in [0.25, 0.3) is 0 Å². The van der Waals surface area contributed by atoms with Gasteiger partial charge in [-0.1, -0.05) is 86.7 Å². The molecule has 0 radical (unpaired) electrons. The van der Waals surface area contributed by atoms with Crippen LogP contribution in [0.15, 0.2) is 35.5 Å². The molecule has 0 saturated carbocycles. The van der Waals surface area contributed by atoms with Crippen LogP contribution in [0.4, 0.5) is 0 Å². The van der Waals surface area contributed by atoms with E-state index in [2.05, 4.69) is 67.9 Å². The zero-order valence-corrected chi connectivity index (χ0v) is 18.1. The number of alkyl halides is 1. The Labute approximate surface area is 160 Å². The molecule has 0 aromatic heterocycles. The third-order valence-corrected chi connectivity index (χ3v) is 6.37. The van der Waals surface area contributed by atoms with E-state index in [0.29, 0.717) is 10.7 Å². The van der Waals surface area contributed by atoms with E-state index in [1.54, 1.807) is 11.1 Å². The SMILES string of the molecule is C/C=C\C(=C1/C=CCCC1)C(C)CCCC(Br)CCCC(C)CC. The molecule has 0 aliphatic heterocycles. The lowest BCUT2D eigenvalue weighted by Crippen LogP contribution is -2.05. The van der Waals surface area contributed by atoms with Crippen molar-refractivity contribution in [2.75, 3.05) is 0 Å². The second kappa shape index (κ2) is 13.0. The molecule has 3 atom stereocenters. The normalized spacial score (nSPS) is 21.0. The molecular formula is C23H39Br. The van der Waals surface area contributed by atoms with Gasteiger partial charge in [-0.05, 0) is 68.4 Å². The predicted molar refractivity (Wildman–Crippen MR) is 114 cm³/mol. The summed E-state index contributed by atoms with van der Waals surface area (Å²) in [6.07, 6.45) is 22.5. The van der Waals surface area contributed by atoms with Crippen LogP contribution >= 0.6 is 15.9 Å². The molecular weight excluding hydrogens is 356 g/mol. The highest BCUT2D eigenvalue weighted by Crippen LogP contribution is 2.29. The molecule has 1 rings (SSSR count). The van der Waals surface area contributed by atoms with Gasteiger partial charge in [-0.25, -0.2) is 0 Å². The Kier molecular flexibility index (Phi) is 11.8. The molecule has 1 heteroatoms. The van der Waals surface area contributed by atoms with Crippen molar-refractivity contribution in [2.45, 2.75) is 96.7 Å². The standard InChI is InChI=1S/C23H39Br/c1-5-12-23(21-15-8-7-9-16-21)20(4)14-11-18-22(24)17-10-13-19(3)6-2/h5,8,12,15,19-20,22H,6-7,9-11,13-14,16-18H2,1-4H3/b12-5-,23-21-. The van der Waals surface area contributed by atoms with Crippen LogP contribution in [0.1, 0.15) is 91.9 Å². The molecule has 0 fully saturated rings. The van der Waals surface area contributed by atoms with E-state index in [0.717, 1.165) is 5.92 Å². The fourth-order valence-corrected chi connectivity index (χ4v) is 4.21. The fourth-order valence-electron chi connectivity index (χ4n) is 3.56. The van der Waals surface area contributed by atoms with Gasteiger partial charge in [0.25, 0.3) is 0 Å². The monoisotopic (exact) mass is 394 g/mol. The van der Waals surface area contributed by atoms with Crippen LogP contribution in [-0.4, -0.2) is 4.83 Å². The van der Waals surface area contributed by atoms with Crippen LogP contribution in [0.2, 0.25) is 0 Å². The number of halogens is 1. The van der Waals surface area contributed by atoms with Crippen molar-refractivity contribution in [1.82, 2.24) is 0 Å². The lowest BCUT2D eigenvalue weighted by atomic mass is 9.87. The lowest BCUT2D eigenvalue weighted by molar-refractivity contribution is 0.471. The maximum absolute atomic E-state index is 3.91. The predicted octanol–water partition coefficient (Wildman–Crippen LogP) is 8.39. The van der Waals surface area contributed by atoms with E-state index in [4.69, 9.17) is 0 Å². The van der Waals surface area contributed by atoms with E-state index < -0.39 is 0 Å². The lowest BCUT2D eigenvalue weighted by Gasteiger charge is -2.20. The average molecular weight is 395 g/mol. The van der Waals surface area contributed by atoms with Crippen molar-refractivity contribution in [3.63, 3.8) is 0 Å². The van der Waals surface area contributed by atoms with Crippen LogP contribution in [0.5, 0.6) is 0 Å². The van der Waals surface area contributed by atoms with Crippen molar-refractivity contribution >= 4 is 15.9 Å². The first-order valence-corrected chi connectivity index (χ1v) is 11.2. The molecule has 138 valence electrons. The Hall–Kier alpha value is -0.300. The molecule has 3 unspecified atom stereocenters. The highest BCUT2D eigenvalue weighted by atomic mass is 79.9. The maximum Gasteiger partial charge on any atom is 0.0145 e. The summed E-state index contributed by atoms with van der Waals surface area (Å²) in [5.74, 6) is 1.57. The molecule has 1 aliphatic rings. The van der Waals surface area contributed by atoms with Gasteiger partial charge in [0.05, 0.1) is 0 Å². The minimum absolute atomic E-state index is 0.679. The van der Waals surface area contributed by atoms with Gasteiger partial charge in [-0.3, -0.25) is 0 Å². The first kappa shape index (κ1) is 21.7. The van der Waals surface area contributed by atoms with Gasteiger partial charge in [0.2, 0.25) is 0 Å². The average Bonchev–Trinajstić information content (AvgIpc) is 2.60. The summed E-state index contributed by atoms with van der Waals surface area (Å²) in [5, 5.41) is 0. The van der Waals surface area contributed by atoms with E-state index in [-0.39, 0.29) is 0 Å². The van der Waals surface area contributed by atoms with Crippen molar-refractivity contribution in [3.8, 4) is 0 Å². The molecule has 0 spiro atoms. The summed E-state index contributed by atoms with van der Waals surface area (Å²) in [7, 11) is 0. The van der Waals surface area contributed by atoms with Crippen LogP contribution < -0.4 is 0 Å². The molecule has 0 saturated heterocycles. The molecule has 0 N–H and O–H groups in total. The molecule has 0 nitrogen and oxygen atoms in total. The third-order valence-electron chi connectivity index (χ3n) is 5.45. The van der Waals surface area contributed by atoms with Gasteiger partial charge in [0, 0.05) is 4.83 Å². The van der Waals surface area contributed by atoms with Gasteiger partial charge in [0.15, 0.2) is 0 Å². The number of allylic oxidation sites excluding steroid dienone is 6. The van der Waals surface area contributed by atoms with E-state index in [1.165, 1.54) is 64.2 Å². The first-order chi connectivity index (χ1) is 11.6. The number of rotatable bonds is 11. The van der Waals surface area contributed by atoms with Gasteiger partial charge < -0.3 is 0 Å². The quantitative estimate of drug-likeness (QED) is 0.308. The molecule has 0 heterocycles. The van der Waals surface area contributed by atoms with Crippen LogP contribution in [0.3, 0.4) is 0 Å². The topological polar surface area (TPSA) is 0 Å². The Balaban J connectivity index is 2.36. The molecule has 0 aromatic carbocycles. The van der Waals surface area contributed by atoms with Crippen molar-refractivity contribution in [3.05, 3.63) is 35.5 Å². The molecule has 1 aliphatic carbocycles. The Morgan fingerprint density at radius 2 is 1.88 bits per heavy atom. The van der Waals surface area contributed by atoms with E-state index >= 15 is 0 Å². The number of hydrogen-bond acceptors (Lipinski definition) is 0. The van der Waals surface area contributed by atoms with Crippen molar-refractivity contribution in [1.29, 1.82) is 0 Å². The van der Waals surface area contributed by atoms with E-state index in [1.807, 2.05) is 0 Å². The second-order valence-corrected chi connectivity index (χ2v) is 8.94. The maximum atomic E-state index is 3.91. The largest absolute Gasteiger partial charge is 0.0891 e. The summed E-state index contributed by atoms with van der Waals surface area (Å²) in [6, 6.07) is 0. The highest BCUT2D eigenvalue weighted by Gasteiger charge is 2.13. The summed E-state index contributed by atoms with van der Waals surface area (Å²) in [6.45, 7) is 9.24. The zero-order chi connectivity index (χ0) is 17.8. The fraction of sp³-hybridized carbons (Fsp3) is 0.739. The summed E-state index contributed by atoms with van der Waals surface area (Å²) in [4.78, 5) is 0.709. The van der Waals surface area contributed by atoms with Gasteiger partial charge in [-0.2, -0.15) is 0 Å². The summed E-state index contributed by atoms with van der Waals surface area (Å²) < 4.78 is 0. The third kappa shape index (κ3) is 8.70. The van der Waals surface area contributed by atoms with Crippen LogP contribution in [0, 0.1) is 11.8 Å². The summed E-state index contributed by atoms with van der Waals surface area (Å²) in [5.41, 5.74) is 3.16. The molecule has 0 aromatic rings. The molecule has 0 bridgehead atoms. The van der Waals surface area contributed by atoms with Crippen molar-refractivity contribution in [2.24, 2.45) is 11.8 Å². The molecule has 24 heavy (non-hydrogen) atoms. The highest BCUT2D eigenvalue weighted by molar-refractivity contribution is 9.09. The Morgan fingerprint density at radius 1 is 1.17 bits per heavy atom. The number of hydrogen-bond donors (Lipinski definition) is 0. The van der Waals surface area contributed by atoms with E-state index in [9.17, 15) is 0 Å². The minimum Gasteiger partial charge on any atom is -0.0891 e. The smallest absolute Gasteiger partial charge is 0.0145 e. The van der Waals surface area contributed by atoms with Gasteiger partial charge in [-0.15, -0.1) is 0 Å². The zero-order valence-electron chi connectivity index (χ0n) is 16.5. The second-order valence-electron chi connectivity index (χ2n) is 7.65. The summed E-state index contributed by atoms with van der Waals surface area (Å²) >= 11 is 3.91. The molecule has 0 amide bonds. The Morgan fingerprint density at radius 3 is 2.46 bits per heavy atom.